The van der Waals surface area contributed by atoms with Crippen molar-refractivity contribution in [1.82, 2.24) is 14.3 Å². The van der Waals surface area contributed by atoms with E-state index in [1.165, 1.54) is 10.5 Å². The van der Waals surface area contributed by atoms with Crippen LogP contribution in [0.2, 0.25) is 0 Å². The van der Waals surface area contributed by atoms with Crippen molar-refractivity contribution in [3.63, 3.8) is 0 Å². The fourth-order valence-electron chi connectivity index (χ4n) is 3.21. The molecule has 3 heterocycles. The van der Waals surface area contributed by atoms with Gasteiger partial charge in [0.25, 0.3) is 0 Å². The number of carbonyl (C=O) groups is 1. The Bertz CT molecular complexity index is 894. The Balaban J connectivity index is 1.79. The van der Waals surface area contributed by atoms with Crippen LogP contribution >= 0.6 is 0 Å². The molecule has 118 valence electrons. The van der Waals surface area contributed by atoms with Crippen molar-refractivity contribution in [2.24, 2.45) is 0 Å². The molecule has 1 N–H and O–H groups in total. The fraction of sp³-hybridized carbons (Fsp3) is 0.294. The van der Waals surface area contributed by atoms with E-state index in [1.807, 2.05) is 12.3 Å². The second-order valence-corrected chi connectivity index (χ2v) is 5.95. The van der Waals surface area contributed by atoms with Gasteiger partial charge in [-0.15, -0.1) is 0 Å². The number of rotatable bonds is 1. The van der Waals surface area contributed by atoms with E-state index in [0.717, 1.165) is 22.4 Å². The number of aryl methyl sites for hydroxylation is 1. The van der Waals surface area contributed by atoms with Crippen LogP contribution in [0.15, 0.2) is 36.5 Å². The zero-order chi connectivity index (χ0) is 16.0. The summed E-state index contributed by atoms with van der Waals surface area (Å²) in [5, 5.41) is 9.09. The minimum absolute atomic E-state index is 0.510. The summed E-state index contributed by atoms with van der Waals surface area (Å²) in [6.07, 6.45) is 1.20. The van der Waals surface area contributed by atoms with Gasteiger partial charge in [-0.1, -0.05) is 6.07 Å². The summed E-state index contributed by atoms with van der Waals surface area (Å²) in [5.41, 5.74) is 4.29. The van der Waals surface area contributed by atoms with Gasteiger partial charge in [-0.2, -0.15) is 0 Å². The van der Waals surface area contributed by atoms with Crippen LogP contribution in [-0.4, -0.2) is 51.7 Å². The zero-order valence-corrected chi connectivity index (χ0v) is 12.9. The molecule has 1 aliphatic rings. The molecule has 1 aromatic carbocycles. The number of piperazine rings is 1. The molecular weight excluding hydrogens is 292 g/mol. The normalized spacial score (nSPS) is 15.5. The highest BCUT2D eigenvalue weighted by molar-refractivity contribution is 5.85. The third-order valence-corrected chi connectivity index (χ3v) is 4.44. The molecule has 0 spiro atoms. The maximum atomic E-state index is 11.1. The maximum Gasteiger partial charge on any atom is 0.407 e. The van der Waals surface area contributed by atoms with Crippen molar-refractivity contribution in [3.8, 4) is 0 Å². The molecule has 1 fully saturated rings. The van der Waals surface area contributed by atoms with Crippen molar-refractivity contribution in [1.29, 1.82) is 0 Å². The second-order valence-electron chi connectivity index (χ2n) is 5.95. The first-order valence-electron chi connectivity index (χ1n) is 7.74. The van der Waals surface area contributed by atoms with Crippen LogP contribution < -0.4 is 4.90 Å². The fourth-order valence-corrected chi connectivity index (χ4v) is 3.21. The van der Waals surface area contributed by atoms with Gasteiger partial charge in [0.15, 0.2) is 5.82 Å². The average Bonchev–Trinajstić information content (AvgIpc) is 3.03. The van der Waals surface area contributed by atoms with Crippen LogP contribution in [0.5, 0.6) is 0 Å². The Morgan fingerprint density at radius 3 is 2.65 bits per heavy atom. The van der Waals surface area contributed by atoms with Gasteiger partial charge in [0.1, 0.15) is 0 Å². The Morgan fingerprint density at radius 2 is 1.91 bits per heavy atom. The number of aromatic nitrogens is 2. The minimum atomic E-state index is -0.848. The predicted molar refractivity (Wildman–Crippen MR) is 89.2 cm³/mol. The number of amides is 1. The van der Waals surface area contributed by atoms with Crippen LogP contribution in [0.3, 0.4) is 0 Å². The third kappa shape index (κ3) is 2.27. The van der Waals surface area contributed by atoms with E-state index in [0.29, 0.717) is 26.2 Å². The Labute approximate surface area is 133 Å². The third-order valence-electron chi connectivity index (χ3n) is 4.44. The lowest BCUT2D eigenvalue weighted by molar-refractivity contribution is 0.142. The van der Waals surface area contributed by atoms with Gasteiger partial charge >= 0.3 is 6.09 Å². The molecule has 0 atom stereocenters. The summed E-state index contributed by atoms with van der Waals surface area (Å²) in [4.78, 5) is 19.6. The quantitative estimate of drug-likeness (QED) is 0.750. The molecule has 2 aromatic heterocycles. The highest BCUT2D eigenvalue weighted by atomic mass is 16.4. The smallest absolute Gasteiger partial charge is 0.407 e. The highest BCUT2D eigenvalue weighted by Gasteiger charge is 2.23. The first-order valence-corrected chi connectivity index (χ1v) is 7.74. The van der Waals surface area contributed by atoms with E-state index < -0.39 is 6.09 Å². The van der Waals surface area contributed by atoms with E-state index >= 15 is 0 Å². The molecule has 1 saturated heterocycles. The monoisotopic (exact) mass is 310 g/mol. The van der Waals surface area contributed by atoms with Crippen molar-refractivity contribution in [3.05, 3.63) is 42.1 Å². The molecule has 3 aromatic rings. The van der Waals surface area contributed by atoms with Gasteiger partial charge in [-0.25, -0.2) is 9.78 Å². The molecular formula is C17H18N4O2. The molecule has 0 saturated carbocycles. The van der Waals surface area contributed by atoms with E-state index in [4.69, 9.17) is 10.1 Å². The number of hydrogen-bond donors (Lipinski definition) is 1. The predicted octanol–water partition coefficient (Wildman–Crippen LogP) is 2.60. The Kier molecular flexibility index (Phi) is 3.11. The number of nitrogens with zero attached hydrogens (tertiary/aromatic N) is 4. The van der Waals surface area contributed by atoms with E-state index in [-0.39, 0.29) is 0 Å². The lowest BCUT2D eigenvalue weighted by Gasteiger charge is -2.34. The van der Waals surface area contributed by atoms with Gasteiger partial charge in [0, 0.05) is 32.4 Å². The molecule has 0 radical (unpaired) electrons. The molecule has 1 amide bonds. The van der Waals surface area contributed by atoms with Crippen LogP contribution in [0.1, 0.15) is 5.56 Å². The number of hydrogen-bond acceptors (Lipinski definition) is 3. The van der Waals surface area contributed by atoms with Crippen LogP contribution in [0.4, 0.5) is 10.6 Å². The summed E-state index contributed by atoms with van der Waals surface area (Å²) in [6, 6.07) is 10.4. The van der Waals surface area contributed by atoms with Crippen molar-refractivity contribution in [2.45, 2.75) is 6.92 Å². The van der Waals surface area contributed by atoms with Crippen LogP contribution in [-0.2, 0) is 0 Å². The molecule has 6 nitrogen and oxygen atoms in total. The summed E-state index contributed by atoms with van der Waals surface area (Å²) >= 11 is 0. The Hall–Kier alpha value is -2.76. The van der Waals surface area contributed by atoms with Gasteiger partial charge in [-0.3, -0.25) is 0 Å². The molecule has 0 aliphatic carbocycles. The number of anilines is 1. The zero-order valence-electron chi connectivity index (χ0n) is 12.9. The number of fused-ring (bicyclic) bond motifs is 3. The van der Waals surface area contributed by atoms with E-state index in [1.54, 1.807) is 0 Å². The lowest BCUT2D eigenvalue weighted by Crippen LogP contribution is -2.48. The summed E-state index contributed by atoms with van der Waals surface area (Å²) in [6.45, 7) is 4.41. The number of benzene rings is 1. The van der Waals surface area contributed by atoms with Gasteiger partial charge in [-0.05, 0) is 36.8 Å². The molecule has 0 bridgehead atoms. The van der Waals surface area contributed by atoms with Crippen LogP contribution in [0, 0.1) is 6.92 Å². The summed E-state index contributed by atoms with van der Waals surface area (Å²) in [7, 11) is 0. The van der Waals surface area contributed by atoms with Gasteiger partial charge in [0.05, 0.1) is 16.6 Å². The first-order chi connectivity index (χ1) is 11.1. The molecule has 0 unspecified atom stereocenters. The van der Waals surface area contributed by atoms with Gasteiger partial charge in [0.2, 0.25) is 0 Å². The average molecular weight is 310 g/mol. The molecule has 1 aliphatic heterocycles. The van der Waals surface area contributed by atoms with Crippen molar-refractivity contribution in [2.75, 3.05) is 31.1 Å². The second kappa shape index (κ2) is 5.15. The standard InChI is InChI=1S/C17H18N4O2/c1-12-4-5-14-13(11-12)18-16(15-3-2-6-21(14)15)19-7-9-20(10-8-19)17(22)23/h2-6,11H,7-10H2,1H3,(H,22,23). The topological polar surface area (TPSA) is 61.1 Å². The lowest BCUT2D eigenvalue weighted by atomic mass is 10.2. The molecule has 4 rings (SSSR count). The van der Waals surface area contributed by atoms with Gasteiger partial charge < -0.3 is 19.3 Å². The van der Waals surface area contributed by atoms with Crippen molar-refractivity contribution >= 4 is 28.5 Å². The summed E-state index contributed by atoms with van der Waals surface area (Å²) < 4.78 is 2.15. The number of carboxylic acid groups (broad SMARTS) is 1. The van der Waals surface area contributed by atoms with E-state index in [9.17, 15) is 4.79 Å². The maximum absolute atomic E-state index is 11.1. The Morgan fingerprint density at radius 1 is 1.13 bits per heavy atom. The molecule has 23 heavy (non-hydrogen) atoms. The highest BCUT2D eigenvalue weighted by Crippen LogP contribution is 2.26. The van der Waals surface area contributed by atoms with E-state index in [2.05, 4.69) is 40.5 Å². The summed E-state index contributed by atoms with van der Waals surface area (Å²) in [5.74, 6) is 0.929. The minimum Gasteiger partial charge on any atom is -0.465 e. The van der Waals surface area contributed by atoms with Crippen LogP contribution in [0.25, 0.3) is 16.6 Å². The van der Waals surface area contributed by atoms with Crippen molar-refractivity contribution < 1.29 is 9.90 Å². The first kappa shape index (κ1) is 13.9. The largest absolute Gasteiger partial charge is 0.465 e. The molecule has 6 heteroatoms. The SMILES string of the molecule is Cc1ccc2c(c1)nc(N1CCN(C(=O)O)CC1)c1cccn12.